The number of aromatic carboxylic acids is 1. The summed E-state index contributed by atoms with van der Waals surface area (Å²) in [5, 5.41) is 9.43. The molecule has 0 atom stereocenters. The minimum absolute atomic E-state index is 0.0592. The molecule has 2 aliphatic rings. The molecule has 154 valence electrons. The van der Waals surface area contributed by atoms with Crippen LogP contribution in [-0.4, -0.2) is 73.1 Å². The van der Waals surface area contributed by atoms with E-state index in [2.05, 4.69) is 9.17 Å². The number of nitrogens with zero attached hydrogens (tertiary/aromatic N) is 3. The topological polar surface area (TPSA) is 154 Å². The second kappa shape index (κ2) is 7.05. The van der Waals surface area contributed by atoms with E-state index >= 15 is 0 Å². The first-order chi connectivity index (χ1) is 13.1. The second-order valence-electron chi connectivity index (χ2n) is 6.46. The van der Waals surface area contributed by atoms with Crippen molar-refractivity contribution in [2.45, 2.75) is 25.0 Å². The monoisotopic (exact) mass is 417 g/mol. The Morgan fingerprint density at radius 3 is 2.43 bits per heavy atom. The number of amides is 1. The highest BCUT2D eigenvalue weighted by molar-refractivity contribution is 7.86. The number of carboxylic acids is 1. The highest BCUT2D eigenvalue weighted by atomic mass is 32.2. The van der Waals surface area contributed by atoms with Gasteiger partial charge in [0.15, 0.2) is 5.69 Å². The maximum Gasteiger partial charge on any atom is 0.409 e. The van der Waals surface area contributed by atoms with Gasteiger partial charge in [-0.2, -0.15) is 8.42 Å². The summed E-state index contributed by atoms with van der Waals surface area (Å²) < 4.78 is 39.3. The number of carbonyl (C=O) groups is 2. The zero-order chi connectivity index (χ0) is 20.7. The van der Waals surface area contributed by atoms with Crippen molar-refractivity contribution in [3.05, 3.63) is 21.9 Å². The summed E-state index contributed by atoms with van der Waals surface area (Å²) in [6.07, 6.45) is 0.730. The Labute approximate surface area is 159 Å². The average molecular weight is 417 g/mol. The van der Waals surface area contributed by atoms with E-state index in [9.17, 15) is 27.9 Å². The summed E-state index contributed by atoms with van der Waals surface area (Å²) in [6, 6.07) is 0. The third kappa shape index (κ3) is 3.54. The molecule has 0 unspecified atom stereocenters. The quantitative estimate of drug-likeness (QED) is 0.628. The maximum absolute atomic E-state index is 12.8. The fourth-order valence-corrected chi connectivity index (χ4v) is 3.86. The van der Waals surface area contributed by atoms with Crippen molar-refractivity contribution in [1.82, 2.24) is 14.5 Å². The molecule has 3 heterocycles. The van der Waals surface area contributed by atoms with Crippen LogP contribution in [0.25, 0.3) is 0 Å². The number of piperidine rings is 1. The molecule has 1 N–H and O–H groups in total. The van der Waals surface area contributed by atoms with Gasteiger partial charge in [0, 0.05) is 25.9 Å². The van der Waals surface area contributed by atoms with Crippen molar-refractivity contribution in [3.8, 4) is 5.75 Å². The molecule has 0 aliphatic carbocycles. The zero-order valence-electron chi connectivity index (χ0n) is 15.2. The maximum atomic E-state index is 12.8. The number of carboxylic acid groups (broad SMARTS) is 1. The van der Waals surface area contributed by atoms with Crippen molar-refractivity contribution in [2.24, 2.45) is 0 Å². The first-order valence-electron chi connectivity index (χ1n) is 8.33. The Morgan fingerprint density at radius 1 is 1.25 bits per heavy atom. The van der Waals surface area contributed by atoms with Crippen LogP contribution in [0.1, 0.15) is 29.2 Å². The summed E-state index contributed by atoms with van der Waals surface area (Å²) in [5.74, 6) is -2.39. The molecule has 1 spiro atoms. The Balaban J connectivity index is 2.08. The van der Waals surface area contributed by atoms with Crippen LogP contribution in [0.3, 0.4) is 0 Å². The number of methoxy groups -OCH3 is 1. The van der Waals surface area contributed by atoms with Gasteiger partial charge in [-0.3, -0.25) is 9.36 Å². The molecule has 1 fully saturated rings. The summed E-state index contributed by atoms with van der Waals surface area (Å²) in [7, 11) is -2.87. The number of ether oxygens (including phenoxy) is 2. The first kappa shape index (κ1) is 20.1. The van der Waals surface area contributed by atoms with Gasteiger partial charge in [-0.15, -0.1) is 0 Å². The molecule has 1 aromatic rings. The van der Waals surface area contributed by atoms with Crippen molar-refractivity contribution in [2.75, 3.05) is 33.1 Å². The molecule has 0 radical (unpaired) electrons. The van der Waals surface area contributed by atoms with E-state index in [0.717, 1.165) is 0 Å². The molecule has 3 rings (SSSR count). The van der Waals surface area contributed by atoms with E-state index in [4.69, 9.17) is 9.47 Å². The number of rotatable bonds is 3. The molecule has 0 saturated carbocycles. The number of fused-ring (bicyclic) bond motifs is 2. The Bertz CT molecular complexity index is 977. The largest absolute Gasteiger partial charge is 0.476 e. The lowest BCUT2D eigenvalue weighted by atomic mass is 9.89. The third-order valence-corrected chi connectivity index (χ3v) is 5.14. The standard InChI is InChI=1S/C15H19N3O9S/c1-25-14(22)17-5-3-15(4-6-17)13-16-9(12(20)21)10(27-28(2,23)24)11(19)18(13)7-8-26-15/h3-8H2,1-2H3,(H,20,21). The van der Waals surface area contributed by atoms with Gasteiger partial charge in [0.2, 0.25) is 5.75 Å². The van der Waals surface area contributed by atoms with Gasteiger partial charge in [-0.25, -0.2) is 14.6 Å². The fraction of sp³-hybridized carbons (Fsp3) is 0.600. The molecule has 1 aromatic heterocycles. The van der Waals surface area contributed by atoms with Crippen molar-refractivity contribution < 1.29 is 36.8 Å². The average Bonchev–Trinajstić information content (AvgIpc) is 2.63. The Hall–Kier alpha value is -2.67. The zero-order valence-corrected chi connectivity index (χ0v) is 16.0. The summed E-state index contributed by atoms with van der Waals surface area (Å²) in [4.78, 5) is 41.6. The van der Waals surface area contributed by atoms with Crippen LogP contribution in [0, 0.1) is 0 Å². The first-order valence-corrected chi connectivity index (χ1v) is 10.1. The number of likely N-dealkylation sites (tertiary alicyclic amines) is 1. The van der Waals surface area contributed by atoms with Gasteiger partial charge in [0.1, 0.15) is 11.4 Å². The number of carbonyl (C=O) groups excluding carboxylic acids is 1. The molecule has 12 nitrogen and oxygen atoms in total. The number of hydrogen-bond acceptors (Lipinski definition) is 9. The highest BCUT2D eigenvalue weighted by Gasteiger charge is 2.45. The van der Waals surface area contributed by atoms with Crippen molar-refractivity contribution in [3.63, 3.8) is 0 Å². The molecule has 0 bridgehead atoms. The van der Waals surface area contributed by atoms with Crippen LogP contribution in [0.15, 0.2) is 4.79 Å². The number of hydrogen-bond donors (Lipinski definition) is 1. The van der Waals surface area contributed by atoms with Crippen LogP contribution in [0.4, 0.5) is 4.79 Å². The Kier molecular flexibility index (Phi) is 5.06. The summed E-state index contributed by atoms with van der Waals surface area (Å²) in [6.45, 7) is 0.709. The van der Waals surface area contributed by atoms with E-state index in [1.54, 1.807) is 0 Å². The van der Waals surface area contributed by atoms with E-state index in [-0.39, 0.29) is 44.9 Å². The van der Waals surface area contributed by atoms with Crippen LogP contribution >= 0.6 is 0 Å². The summed E-state index contributed by atoms with van der Waals surface area (Å²) in [5.41, 5.74) is -2.79. The normalized spacial score (nSPS) is 18.4. The van der Waals surface area contributed by atoms with Crippen molar-refractivity contribution in [1.29, 1.82) is 0 Å². The van der Waals surface area contributed by atoms with E-state index in [1.165, 1.54) is 16.6 Å². The van der Waals surface area contributed by atoms with Crippen LogP contribution in [0.5, 0.6) is 5.75 Å². The van der Waals surface area contributed by atoms with Crippen LogP contribution < -0.4 is 9.74 Å². The minimum Gasteiger partial charge on any atom is -0.476 e. The molecule has 0 aromatic carbocycles. The molecule has 1 amide bonds. The molecule has 28 heavy (non-hydrogen) atoms. The molecular formula is C15H19N3O9S. The Morgan fingerprint density at radius 2 is 1.89 bits per heavy atom. The van der Waals surface area contributed by atoms with E-state index < -0.39 is 44.8 Å². The van der Waals surface area contributed by atoms with E-state index in [1.807, 2.05) is 0 Å². The summed E-state index contributed by atoms with van der Waals surface area (Å²) >= 11 is 0. The third-order valence-electron chi connectivity index (χ3n) is 4.67. The van der Waals surface area contributed by atoms with Crippen molar-refractivity contribution >= 4 is 22.2 Å². The van der Waals surface area contributed by atoms with Crippen LogP contribution in [0.2, 0.25) is 0 Å². The SMILES string of the molecule is COC(=O)N1CCC2(CC1)OCCn1c2nc(C(=O)O)c(OS(C)(=O)=O)c1=O. The predicted molar refractivity (Wildman–Crippen MR) is 91.8 cm³/mol. The molecular weight excluding hydrogens is 398 g/mol. The smallest absolute Gasteiger partial charge is 0.409 e. The van der Waals surface area contributed by atoms with Gasteiger partial charge >= 0.3 is 22.2 Å². The van der Waals surface area contributed by atoms with Crippen LogP contribution in [-0.2, 0) is 31.7 Å². The van der Waals surface area contributed by atoms with Gasteiger partial charge in [0.25, 0.3) is 5.56 Å². The van der Waals surface area contributed by atoms with Gasteiger partial charge in [-0.1, -0.05) is 0 Å². The van der Waals surface area contributed by atoms with Gasteiger partial charge < -0.3 is 23.7 Å². The molecule has 2 aliphatic heterocycles. The lowest BCUT2D eigenvalue weighted by Crippen LogP contribution is -2.52. The lowest BCUT2D eigenvalue weighted by molar-refractivity contribution is -0.114. The van der Waals surface area contributed by atoms with Gasteiger partial charge in [-0.05, 0) is 0 Å². The van der Waals surface area contributed by atoms with E-state index in [0.29, 0.717) is 6.26 Å². The molecule has 1 saturated heterocycles. The highest BCUT2D eigenvalue weighted by Crippen LogP contribution is 2.38. The number of aromatic nitrogens is 2. The predicted octanol–water partition coefficient (Wildman–Crippen LogP) is -0.632. The molecule has 13 heteroatoms. The minimum atomic E-state index is -4.14. The fourth-order valence-electron chi connectivity index (χ4n) is 3.41. The lowest BCUT2D eigenvalue weighted by Gasteiger charge is -2.43. The second-order valence-corrected chi connectivity index (χ2v) is 8.04. The van der Waals surface area contributed by atoms with Gasteiger partial charge in [0.05, 0.1) is 26.5 Å².